The van der Waals surface area contributed by atoms with E-state index < -0.39 is 10.0 Å². The third-order valence-corrected chi connectivity index (χ3v) is 4.94. The molecule has 0 heterocycles. The van der Waals surface area contributed by atoms with Gasteiger partial charge in [-0.15, -0.1) is 0 Å². The van der Waals surface area contributed by atoms with Crippen molar-refractivity contribution in [3.63, 3.8) is 0 Å². The molecule has 0 amide bonds. The van der Waals surface area contributed by atoms with E-state index in [4.69, 9.17) is 0 Å². The van der Waals surface area contributed by atoms with Gasteiger partial charge in [0.2, 0.25) is 10.0 Å². The molecule has 0 saturated carbocycles. The van der Waals surface area contributed by atoms with Crippen LogP contribution in [-0.2, 0) is 16.6 Å². The molecule has 2 N–H and O–H groups in total. The van der Waals surface area contributed by atoms with Gasteiger partial charge in [0.05, 0.1) is 5.69 Å². The van der Waals surface area contributed by atoms with Gasteiger partial charge < -0.3 is 10.4 Å². The molecule has 2 aromatic rings. The zero-order valence-electron chi connectivity index (χ0n) is 11.9. The van der Waals surface area contributed by atoms with Gasteiger partial charge in [-0.1, -0.05) is 24.3 Å². The van der Waals surface area contributed by atoms with Crippen LogP contribution in [-0.4, -0.2) is 31.9 Å². The highest BCUT2D eigenvalue weighted by molar-refractivity contribution is 7.89. The van der Waals surface area contributed by atoms with Crippen molar-refractivity contribution in [1.29, 1.82) is 0 Å². The Hall–Kier alpha value is -2.05. The van der Waals surface area contributed by atoms with Crippen molar-refractivity contribution in [3.05, 3.63) is 54.1 Å². The van der Waals surface area contributed by atoms with Crippen molar-refractivity contribution in [2.45, 2.75) is 11.4 Å². The zero-order chi connectivity index (χ0) is 15.5. The summed E-state index contributed by atoms with van der Waals surface area (Å²) in [6, 6.07) is 13.6. The monoisotopic (exact) mass is 306 g/mol. The van der Waals surface area contributed by atoms with Crippen LogP contribution in [0.4, 0.5) is 5.69 Å². The molecule has 0 spiro atoms. The van der Waals surface area contributed by atoms with Gasteiger partial charge in [-0.05, 0) is 29.8 Å². The van der Waals surface area contributed by atoms with E-state index in [1.807, 2.05) is 0 Å². The quantitative estimate of drug-likeness (QED) is 0.889. The lowest BCUT2D eigenvalue weighted by molar-refractivity contribution is 0.475. The van der Waals surface area contributed by atoms with Gasteiger partial charge in [0, 0.05) is 20.6 Å². The number of hydrogen-bond acceptors (Lipinski definition) is 4. The van der Waals surface area contributed by atoms with Gasteiger partial charge in [0.25, 0.3) is 0 Å². The molecule has 0 radical (unpaired) electrons. The first-order valence-electron chi connectivity index (χ1n) is 6.44. The number of benzene rings is 2. The molecule has 0 fully saturated rings. The van der Waals surface area contributed by atoms with Gasteiger partial charge in [0.15, 0.2) is 0 Å². The molecule has 0 aliphatic heterocycles. The third-order valence-electron chi connectivity index (χ3n) is 3.06. The second-order valence-electron chi connectivity index (χ2n) is 4.80. The summed E-state index contributed by atoms with van der Waals surface area (Å²) in [4.78, 5) is 0.244. The average molecular weight is 306 g/mol. The van der Waals surface area contributed by atoms with Crippen molar-refractivity contribution in [1.82, 2.24) is 4.31 Å². The molecule has 5 nitrogen and oxygen atoms in total. The van der Waals surface area contributed by atoms with Crippen LogP contribution in [0.15, 0.2) is 53.4 Å². The molecule has 0 bridgehead atoms. The first-order valence-corrected chi connectivity index (χ1v) is 7.88. The summed E-state index contributed by atoms with van der Waals surface area (Å²) < 4.78 is 25.7. The molecular weight excluding hydrogens is 288 g/mol. The number of aromatic hydroxyl groups is 1. The lowest BCUT2D eigenvalue weighted by atomic mass is 10.2. The van der Waals surface area contributed by atoms with Crippen molar-refractivity contribution < 1.29 is 13.5 Å². The summed E-state index contributed by atoms with van der Waals surface area (Å²) in [5, 5.41) is 12.4. The van der Waals surface area contributed by atoms with E-state index >= 15 is 0 Å². The number of nitrogens with one attached hydrogen (secondary N) is 1. The lowest BCUT2D eigenvalue weighted by Gasteiger charge is -2.16. The molecule has 0 atom stereocenters. The Morgan fingerprint density at radius 3 is 2.29 bits per heavy atom. The molecule has 0 aromatic heterocycles. The summed E-state index contributed by atoms with van der Waals surface area (Å²) in [6.45, 7) is 0.472. The van der Waals surface area contributed by atoms with Crippen molar-refractivity contribution in [3.8, 4) is 5.75 Å². The number of sulfonamides is 1. The zero-order valence-corrected chi connectivity index (χ0v) is 12.8. The highest BCUT2D eigenvalue weighted by atomic mass is 32.2. The SMILES string of the molecule is CN(C)S(=O)(=O)c1ccccc1NCc1ccc(O)cc1. The van der Waals surface area contributed by atoms with Gasteiger partial charge in [-0.3, -0.25) is 0 Å². The molecule has 112 valence electrons. The fourth-order valence-corrected chi connectivity index (χ4v) is 2.91. The molecular formula is C15H18N2O3S. The van der Waals surface area contributed by atoms with E-state index in [0.717, 1.165) is 5.56 Å². The number of phenols is 1. The van der Waals surface area contributed by atoms with Crippen LogP contribution in [0.25, 0.3) is 0 Å². The molecule has 0 aliphatic carbocycles. The second kappa shape index (κ2) is 6.15. The maximum absolute atomic E-state index is 12.3. The number of nitrogens with zero attached hydrogens (tertiary/aromatic N) is 1. The molecule has 2 rings (SSSR count). The number of phenolic OH excluding ortho intramolecular Hbond substituents is 1. The Morgan fingerprint density at radius 1 is 1.05 bits per heavy atom. The summed E-state index contributed by atoms with van der Waals surface area (Å²) in [5.41, 5.74) is 1.50. The molecule has 21 heavy (non-hydrogen) atoms. The summed E-state index contributed by atoms with van der Waals surface area (Å²) in [7, 11) is -0.476. The lowest BCUT2D eigenvalue weighted by Crippen LogP contribution is -2.23. The van der Waals surface area contributed by atoms with Gasteiger partial charge in [-0.2, -0.15) is 0 Å². The molecule has 6 heteroatoms. The predicted molar refractivity (Wildman–Crippen MR) is 82.7 cm³/mol. The Balaban J connectivity index is 2.23. The van der Waals surface area contributed by atoms with Crippen LogP contribution in [0.5, 0.6) is 5.75 Å². The van der Waals surface area contributed by atoms with Crippen molar-refractivity contribution >= 4 is 15.7 Å². The van der Waals surface area contributed by atoms with Crippen LogP contribution in [0.2, 0.25) is 0 Å². The van der Waals surface area contributed by atoms with E-state index in [1.165, 1.54) is 18.4 Å². The normalized spacial score (nSPS) is 11.6. The van der Waals surface area contributed by atoms with Gasteiger partial charge in [0.1, 0.15) is 10.6 Å². The summed E-state index contributed by atoms with van der Waals surface area (Å²) >= 11 is 0. The number of rotatable bonds is 5. The van der Waals surface area contributed by atoms with Gasteiger partial charge in [-0.25, -0.2) is 12.7 Å². The van der Waals surface area contributed by atoms with Crippen LogP contribution in [0, 0.1) is 0 Å². The average Bonchev–Trinajstić information content (AvgIpc) is 2.47. The molecule has 0 saturated heterocycles. The second-order valence-corrected chi connectivity index (χ2v) is 6.92. The minimum Gasteiger partial charge on any atom is -0.508 e. The summed E-state index contributed by atoms with van der Waals surface area (Å²) in [6.07, 6.45) is 0. The minimum atomic E-state index is -3.49. The first kappa shape index (κ1) is 15.3. The highest BCUT2D eigenvalue weighted by Crippen LogP contribution is 2.23. The van der Waals surface area contributed by atoms with E-state index in [0.29, 0.717) is 12.2 Å². The maximum atomic E-state index is 12.3. The van der Waals surface area contributed by atoms with Gasteiger partial charge >= 0.3 is 0 Å². The number of para-hydroxylation sites is 1. The van der Waals surface area contributed by atoms with Crippen molar-refractivity contribution in [2.75, 3.05) is 19.4 Å². The van der Waals surface area contributed by atoms with Crippen LogP contribution in [0.1, 0.15) is 5.56 Å². The predicted octanol–water partition coefficient (Wildman–Crippen LogP) is 2.25. The Labute approximate surface area is 124 Å². The highest BCUT2D eigenvalue weighted by Gasteiger charge is 2.20. The van der Waals surface area contributed by atoms with E-state index in [-0.39, 0.29) is 10.6 Å². The Bertz CT molecular complexity index is 710. The fourth-order valence-electron chi connectivity index (χ4n) is 1.85. The molecule has 0 unspecified atom stereocenters. The van der Waals surface area contributed by atoms with E-state index in [9.17, 15) is 13.5 Å². The first-order chi connectivity index (χ1) is 9.91. The van der Waals surface area contributed by atoms with E-state index in [1.54, 1.807) is 48.5 Å². The van der Waals surface area contributed by atoms with Crippen LogP contribution >= 0.6 is 0 Å². The van der Waals surface area contributed by atoms with Crippen molar-refractivity contribution in [2.24, 2.45) is 0 Å². The number of anilines is 1. The number of hydrogen-bond donors (Lipinski definition) is 2. The fraction of sp³-hybridized carbons (Fsp3) is 0.200. The largest absolute Gasteiger partial charge is 0.508 e. The Kier molecular flexibility index (Phi) is 4.50. The maximum Gasteiger partial charge on any atom is 0.244 e. The molecule has 2 aromatic carbocycles. The standard InChI is InChI=1S/C15H18N2O3S/c1-17(2)21(19,20)15-6-4-3-5-14(15)16-11-12-7-9-13(18)10-8-12/h3-10,16,18H,11H2,1-2H3. The van der Waals surface area contributed by atoms with Crippen LogP contribution in [0.3, 0.4) is 0 Å². The smallest absolute Gasteiger partial charge is 0.244 e. The third kappa shape index (κ3) is 3.53. The summed E-state index contributed by atoms with van der Waals surface area (Å²) in [5.74, 6) is 0.203. The topological polar surface area (TPSA) is 69.6 Å². The van der Waals surface area contributed by atoms with E-state index in [2.05, 4.69) is 5.32 Å². The molecule has 0 aliphatic rings. The minimum absolute atomic E-state index is 0.203. The van der Waals surface area contributed by atoms with Crippen LogP contribution < -0.4 is 5.32 Å². The Morgan fingerprint density at radius 2 is 1.67 bits per heavy atom.